The molecule has 1 aliphatic heterocycles. The maximum Gasteiger partial charge on any atom is 0.224 e. The zero-order valence-electron chi connectivity index (χ0n) is 10.4. The molecule has 0 spiro atoms. The Labute approximate surface area is 93.0 Å². The van der Waals surface area contributed by atoms with Crippen molar-refractivity contribution in [1.82, 2.24) is 10.6 Å². The quantitative estimate of drug-likeness (QED) is 0.729. The van der Waals surface area contributed by atoms with E-state index in [9.17, 15) is 4.79 Å². The van der Waals surface area contributed by atoms with Crippen molar-refractivity contribution in [3.8, 4) is 0 Å². The van der Waals surface area contributed by atoms with Crippen molar-refractivity contribution in [2.75, 3.05) is 13.1 Å². The lowest BCUT2D eigenvalue weighted by Gasteiger charge is -2.30. The third-order valence-corrected chi connectivity index (χ3v) is 2.89. The van der Waals surface area contributed by atoms with Crippen LogP contribution in [0, 0.1) is 11.3 Å². The van der Waals surface area contributed by atoms with E-state index in [0.29, 0.717) is 6.04 Å². The summed E-state index contributed by atoms with van der Waals surface area (Å²) in [6.45, 7) is 10.3. The largest absolute Gasteiger partial charge is 0.355 e. The van der Waals surface area contributed by atoms with Crippen LogP contribution in [0.5, 0.6) is 0 Å². The number of carbonyl (C=O) groups excluding carboxylic acids is 1. The summed E-state index contributed by atoms with van der Waals surface area (Å²) in [5.74, 6) is 0.366. The first-order valence-electron chi connectivity index (χ1n) is 5.91. The fourth-order valence-corrected chi connectivity index (χ4v) is 1.89. The van der Waals surface area contributed by atoms with Gasteiger partial charge in [-0.15, -0.1) is 0 Å². The molecule has 1 rings (SSSR count). The molecule has 1 fully saturated rings. The van der Waals surface area contributed by atoms with Crippen LogP contribution in [0.25, 0.3) is 0 Å². The van der Waals surface area contributed by atoms with E-state index in [2.05, 4.69) is 38.3 Å². The van der Waals surface area contributed by atoms with Gasteiger partial charge in [-0.1, -0.05) is 20.8 Å². The Hall–Kier alpha value is -0.570. The van der Waals surface area contributed by atoms with E-state index in [1.165, 1.54) is 0 Å². The van der Waals surface area contributed by atoms with E-state index in [1.54, 1.807) is 0 Å². The molecule has 1 saturated heterocycles. The predicted octanol–water partition coefficient (Wildman–Crippen LogP) is 1.54. The van der Waals surface area contributed by atoms with Crippen molar-refractivity contribution >= 4 is 5.91 Å². The van der Waals surface area contributed by atoms with Gasteiger partial charge < -0.3 is 10.6 Å². The topological polar surface area (TPSA) is 41.1 Å². The molecule has 3 heteroatoms. The van der Waals surface area contributed by atoms with Crippen LogP contribution in [0.15, 0.2) is 0 Å². The lowest BCUT2D eigenvalue weighted by atomic mass is 9.90. The Kier molecular flexibility index (Phi) is 4.14. The van der Waals surface area contributed by atoms with Crippen molar-refractivity contribution in [3.63, 3.8) is 0 Å². The number of hydrogen-bond acceptors (Lipinski definition) is 2. The summed E-state index contributed by atoms with van der Waals surface area (Å²) in [5.41, 5.74) is 0.168. The van der Waals surface area contributed by atoms with Crippen molar-refractivity contribution in [2.45, 2.75) is 46.6 Å². The molecule has 0 bridgehead atoms. The summed E-state index contributed by atoms with van der Waals surface area (Å²) in [6.07, 6.45) is 2.13. The van der Waals surface area contributed by atoms with Gasteiger partial charge in [0, 0.05) is 12.6 Å². The number of nitrogens with one attached hydrogen (secondary N) is 2. The molecule has 2 unspecified atom stereocenters. The lowest BCUT2D eigenvalue weighted by Crippen LogP contribution is -2.48. The lowest BCUT2D eigenvalue weighted by molar-refractivity contribution is -0.126. The van der Waals surface area contributed by atoms with E-state index in [4.69, 9.17) is 0 Å². The Morgan fingerprint density at radius 2 is 2.13 bits per heavy atom. The van der Waals surface area contributed by atoms with Gasteiger partial charge in [-0.3, -0.25) is 4.79 Å². The van der Waals surface area contributed by atoms with Crippen LogP contribution in [0.1, 0.15) is 40.5 Å². The van der Waals surface area contributed by atoms with Crippen molar-refractivity contribution in [1.29, 1.82) is 0 Å². The molecule has 15 heavy (non-hydrogen) atoms. The minimum atomic E-state index is 0.154. The Morgan fingerprint density at radius 3 is 2.67 bits per heavy atom. The normalized spacial score (nSPS) is 27.5. The van der Waals surface area contributed by atoms with Gasteiger partial charge in [-0.25, -0.2) is 0 Å². The summed E-state index contributed by atoms with van der Waals surface area (Å²) >= 11 is 0. The van der Waals surface area contributed by atoms with Gasteiger partial charge in [0.05, 0.1) is 5.92 Å². The average Bonchev–Trinajstić information content (AvgIpc) is 2.14. The SMILES string of the molecule is CC1NCCCC1C(=O)NCC(C)(C)C. The van der Waals surface area contributed by atoms with Crippen LogP contribution >= 0.6 is 0 Å². The monoisotopic (exact) mass is 212 g/mol. The van der Waals surface area contributed by atoms with Crippen LogP contribution < -0.4 is 10.6 Å². The molecule has 0 aromatic rings. The van der Waals surface area contributed by atoms with E-state index < -0.39 is 0 Å². The van der Waals surface area contributed by atoms with Crippen molar-refractivity contribution < 1.29 is 4.79 Å². The third-order valence-electron chi connectivity index (χ3n) is 2.89. The molecular formula is C12H24N2O. The number of hydrogen-bond donors (Lipinski definition) is 2. The average molecular weight is 212 g/mol. The van der Waals surface area contributed by atoms with Crippen LogP contribution in [-0.2, 0) is 4.79 Å². The zero-order valence-corrected chi connectivity index (χ0v) is 10.4. The van der Waals surface area contributed by atoms with Crippen LogP contribution in [0.3, 0.4) is 0 Å². The smallest absolute Gasteiger partial charge is 0.224 e. The number of amides is 1. The van der Waals surface area contributed by atoms with E-state index in [-0.39, 0.29) is 17.2 Å². The number of rotatable bonds is 2. The molecular weight excluding hydrogens is 188 g/mol. The molecule has 0 saturated carbocycles. The second-order valence-corrected chi connectivity index (χ2v) is 5.77. The first-order chi connectivity index (χ1) is 6.90. The van der Waals surface area contributed by atoms with E-state index >= 15 is 0 Å². The first-order valence-corrected chi connectivity index (χ1v) is 5.91. The predicted molar refractivity (Wildman–Crippen MR) is 62.7 cm³/mol. The third kappa shape index (κ3) is 4.20. The summed E-state index contributed by atoms with van der Waals surface area (Å²) in [7, 11) is 0. The van der Waals surface area contributed by atoms with Crippen LogP contribution in [0.2, 0.25) is 0 Å². The highest BCUT2D eigenvalue weighted by atomic mass is 16.1. The highest BCUT2D eigenvalue weighted by Gasteiger charge is 2.27. The van der Waals surface area contributed by atoms with Gasteiger partial charge in [0.2, 0.25) is 5.91 Å². The Bertz CT molecular complexity index is 220. The molecule has 88 valence electrons. The second-order valence-electron chi connectivity index (χ2n) is 5.77. The molecule has 2 atom stereocenters. The molecule has 3 nitrogen and oxygen atoms in total. The molecule has 0 radical (unpaired) electrons. The fourth-order valence-electron chi connectivity index (χ4n) is 1.89. The summed E-state index contributed by atoms with van der Waals surface area (Å²) in [6, 6.07) is 0.318. The molecule has 1 heterocycles. The number of piperidine rings is 1. The molecule has 0 aliphatic carbocycles. The number of carbonyl (C=O) groups is 1. The van der Waals surface area contributed by atoms with Crippen molar-refractivity contribution in [2.24, 2.45) is 11.3 Å². The zero-order chi connectivity index (χ0) is 11.5. The molecule has 2 N–H and O–H groups in total. The van der Waals surface area contributed by atoms with Gasteiger partial charge in [0.25, 0.3) is 0 Å². The summed E-state index contributed by atoms with van der Waals surface area (Å²) < 4.78 is 0. The summed E-state index contributed by atoms with van der Waals surface area (Å²) in [4.78, 5) is 11.9. The molecule has 1 amide bonds. The van der Waals surface area contributed by atoms with Gasteiger partial charge in [0.1, 0.15) is 0 Å². The first kappa shape index (κ1) is 12.5. The molecule has 0 aromatic heterocycles. The second kappa shape index (κ2) is 4.97. The van der Waals surface area contributed by atoms with Crippen LogP contribution in [-0.4, -0.2) is 25.0 Å². The minimum absolute atomic E-state index is 0.154. The van der Waals surface area contributed by atoms with Gasteiger partial charge >= 0.3 is 0 Å². The highest BCUT2D eigenvalue weighted by molar-refractivity contribution is 5.79. The Balaban J connectivity index is 2.39. The highest BCUT2D eigenvalue weighted by Crippen LogP contribution is 2.17. The van der Waals surface area contributed by atoms with Gasteiger partial charge in [-0.2, -0.15) is 0 Å². The fraction of sp³-hybridized carbons (Fsp3) is 0.917. The van der Waals surface area contributed by atoms with Crippen molar-refractivity contribution in [3.05, 3.63) is 0 Å². The standard InChI is InChI=1S/C12H24N2O/c1-9-10(6-5-7-13-9)11(15)14-8-12(2,3)4/h9-10,13H,5-8H2,1-4H3,(H,14,15). The maximum atomic E-state index is 11.9. The van der Waals surface area contributed by atoms with Gasteiger partial charge in [-0.05, 0) is 31.7 Å². The Morgan fingerprint density at radius 1 is 1.47 bits per heavy atom. The minimum Gasteiger partial charge on any atom is -0.355 e. The van der Waals surface area contributed by atoms with Gasteiger partial charge in [0.15, 0.2) is 0 Å². The maximum absolute atomic E-state index is 11.9. The molecule has 1 aliphatic rings. The summed E-state index contributed by atoms with van der Waals surface area (Å²) in [5, 5.41) is 6.39. The molecule has 0 aromatic carbocycles. The van der Waals surface area contributed by atoms with E-state index in [0.717, 1.165) is 25.9 Å². The van der Waals surface area contributed by atoms with E-state index in [1.807, 2.05) is 0 Å². The van der Waals surface area contributed by atoms with Crippen LogP contribution in [0.4, 0.5) is 0 Å².